The first-order chi connectivity index (χ1) is 10.2. The summed E-state index contributed by atoms with van der Waals surface area (Å²) >= 11 is 1.72. The molecule has 0 N–H and O–H groups in total. The lowest BCUT2D eigenvalue weighted by Crippen LogP contribution is -2.38. The number of amides is 1. The lowest BCUT2D eigenvalue weighted by atomic mass is 10.1. The van der Waals surface area contributed by atoms with Gasteiger partial charge in [-0.15, -0.1) is 0 Å². The van der Waals surface area contributed by atoms with Gasteiger partial charge in [0.25, 0.3) is 5.91 Å². The van der Waals surface area contributed by atoms with Crippen LogP contribution in [0.3, 0.4) is 0 Å². The first kappa shape index (κ1) is 15.9. The summed E-state index contributed by atoms with van der Waals surface area (Å²) in [5, 5.41) is 0. The van der Waals surface area contributed by atoms with Gasteiger partial charge < -0.3 is 9.64 Å². The van der Waals surface area contributed by atoms with Crippen LogP contribution in [0.2, 0.25) is 0 Å². The molecular weight excluding hydrogens is 286 g/mol. The second kappa shape index (κ2) is 7.50. The molecule has 1 aromatic rings. The van der Waals surface area contributed by atoms with Crippen molar-refractivity contribution in [2.45, 2.75) is 31.6 Å². The van der Waals surface area contributed by atoms with Gasteiger partial charge in [0.15, 0.2) is 0 Å². The van der Waals surface area contributed by atoms with E-state index < -0.39 is 0 Å². The van der Waals surface area contributed by atoms with Gasteiger partial charge in [-0.3, -0.25) is 9.59 Å². The minimum atomic E-state index is -0.335. The molecule has 1 amide bonds. The summed E-state index contributed by atoms with van der Waals surface area (Å²) in [6, 6.07) is 7.83. The molecule has 1 aliphatic rings. The van der Waals surface area contributed by atoms with Gasteiger partial charge in [0.1, 0.15) is 6.54 Å². The second-order valence-corrected chi connectivity index (χ2v) is 5.97. The third kappa shape index (κ3) is 4.49. The van der Waals surface area contributed by atoms with Crippen molar-refractivity contribution in [3.05, 3.63) is 35.4 Å². The van der Waals surface area contributed by atoms with Crippen molar-refractivity contribution in [2.24, 2.45) is 0 Å². The van der Waals surface area contributed by atoms with Crippen molar-refractivity contribution in [2.75, 3.05) is 19.4 Å². The molecular formula is C16H21NO3S. The summed E-state index contributed by atoms with van der Waals surface area (Å²) in [7, 11) is 0. The number of hydrogen-bond acceptors (Lipinski definition) is 4. The third-order valence-electron chi connectivity index (χ3n) is 3.34. The quantitative estimate of drug-likeness (QED) is 0.727. The van der Waals surface area contributed by atoms with Crippen LogP contribution in [-0.4, -0.2) is 42.2 Å². The van der Waals surface area contributed by atoms with E-state index in [2.05, 4.69) is 0 Å². The van der Waals surface area contributed by atoms with Gasteiger partial charge >= 0.3 is 5.97 Å². The Morgan fingerprint density at radius 1 is 1.38 bits per heavy atom. The molecule has 0 bridgehead atoms. The molecule has 21 heavy (non-hydrogen) atoms. The van der Waals surface area contributed by atoms with Gasteiger partial charge in [0, 0.05) is 17.4 Å². The average Bonchev–Trinajstić information content (AvgIpc) is 3.30. The van der Waals surface area contributed by atoms with E-state index in [9.17, 15) is 9.59 Å². The molecule has 2 rings (SSSR count). The van der Waals surface area contributed by atoms with E-state index in [-0.39, 0.29) is 24.5 Å². The molecule has 0 aromatic heterocycles. The molecule has 0 saturated heterocycles. The molecule has 0 unspecified atom stereocenters. The number of nitrogens with zero attached hydrogens (tertiary/aromatic N) is 1. The van der Waals surface area contributed by atoms with Crippen molar-refractivity contribution < 1.29 is 14.3 Å². The number of rotatable bonds is 7. The number of thioether (sulfide) groups is 1. The predicted molar refractivity (Wildman–Crippen MR) is 84.4 cm³/mol. The van der Waals surface area contributed by atoms with E-state index in [4.69, 9.17) is 4.74 Å². The highest BCUT2D eigenvalue weighted by molar-refractivity contribution is 7.97. The molecule has 0 radical (unpaired) electrons. The highest BCUT2D eigenvalue weighted by atomic mass is 32.2. The Morgan fingerprint density at radius 3 is 2.76 bits per heavy atom. The molecule has 1 aliphatic carbocycles. The molecule has 1 fully saturated rings. The highest BCUT2D eigenvalue weighted by Crippen LogP contribution is 2.28. The van der Waals surface area contributed by atoms with E-state index >= 15 is 0 Å². The average molecular weight is 307 g/mol. The third-order valence-corrected chi connectivity index (χ3v) is 3.96. The Kier molecular flexibility index (Phi) is 5.67. The largest absolute Gasteiger partial charge is 0.465 e. The molecule has 5 heteroatoms. The van der Waals surface area contributed by atoms with Crippen molar-refractivity contribution in [1.82, 2.24) is 4.90 Å². The molecule has 0 spiro atoms. The highest BCUT2D eigenvalue weighted by Gasteiger charge is 2.34. The molecule has 0 heterocycles. The van der Waals surface area contributed by atoms with E-state index in [0.29, 0.717) is 12.2 Å². The van der Waals surface area contributed by atoms with Crippen molar-refractivity contribution in [3.8, 4) is 0 Å². The van der Waals surface area contributed by atoms with Crippen molar-refractivity contribution >= 4 is 23.6 Å². The van der Waals surface area contributed by atoms with Crippen LogP contribution in [0.5, 0.6) is 0 Å². The van der Waals surface area contributed by atoms with E-state index in [1.807, 2.05) is 30.5 Å². The Balaban J connectivity index is 2.10. The lowest BCUT2D eigenvalue weighted by molar-refractivity contribution is -0.144. The van der Waals surface area contributed by atoms with E-state index in [1.54, 1.807) is 23.6 Å². The minimum absolute atomic E-state index is 0.0457. The number of esters is 1. The van der Waals surface area contributed by atoms with Crippen LogP contribution < -0.4 is 0 Å². The first-order valence-electron chi connectivity index (χ1n) is 7.20. The fourth-order valence-corrected chi connectivity index (χ4v) is 2.74. The molecule has 0 atom stereocenters. The zero-order valence-electron chi connectivity index (χ0n) is 12.5. The van der Waals surface area contributed by atoms with Gasteiger partial charge in [-0.2, -0.15) is 11.8 Å². The van der Waals surface area contributed by atoms with Crippen LogP contribution in [0.25, 0.3) is 0 Å². The monoisotopic (exact) mass is 307 g/mol. The lowest BCUT2D eigenvalue weighted by Gasteiger charge is -2.21. The Labute approximate surface area is 129 Å². The summed E-state index contributed by atoms with van der Waals surface area (Å²) in [6.07, 6.45) is 3.97. The van der Waals surface area contributed by atoms with Gasteiger partial charge in [0.2, 0.25) is 0 Å². The zero-order chi connectivity index (χ0) is 15.2. The summed E-state index contributed by atoms with van der Waals surface area (Å²) in [5.41, 5.74) is 1.78. The van der Waals surface area contributed by atoms with Gasteiger partial charge in [-0.1, -0.05) is 12.1 Å². The van der Waals surface area contributed by atoms with E-state index in [1.165, 1.54) is 0 Å². The predicted octanol–water partition coefficient (Wildman–Crippen LogP) is 2.72. The smallest absolute Gasteiger partial charge is 0.325 e. The topological polar surface area (TPSA) is 46.6 Å². The maximum Gasteiger partial charge on any atom is 0.325 e. The summed E-state index contributed by atoms with van der Waals surface area (Å²) in [4.78, 5) is 26.0. The van der Waals surface area contributed by atoms with Crippen molar-refractivity contribution in [1.29, 1.82) is 0 Å². The second-order valence-electron chi connectivity index (χ2n) is 5.10. The van der Waals surface area contributed by atoms with Crippen LogP contribution >= 0.6 is 11.8 Å². The number of carbonyl (C=O) groups is 2. The number of ether oxygens (including phenoxy) is 1. The fraction of sp³-hybridized carbons (Fsp3) is 0.500. The molecule has 4 nitrogen and oxygen atoms in total. The van der Waals surface area contributed by atoms with Crippen LogP contribution in [-0.2, 0) is 15.3 Å². The number of carbonyl (C=O) groups excluding carboxylic acids is 2. The molecule has 1 aromatic carbocycles. The van der Waals surface area contributed by atoms with Crippen LogP contribution in [0.1, 0.15) is 35.7 Å². The minimum Gasteiger partial charge on any atom is -0.465 e. The number of hydrogen-bond donors (Lipinski definition) is 0. The maximum absolute atomic E-state index is 12.6. The van der Waals surface area contributed by atoms with Crippen LogP contribution in [0.4, 0.5) is 0 Å². The first-order valence-corrected chi connectivity index (χ1v) is 8.59. The Bertz CT molecular complexity index is 514. The molecule has 0 aliphatic heterocycles. The molecule has 114 valence electrons. The van der Waals surface area contributed by atoms with Gasteiger partial charge in [-0.05, 0) is 43.7 Å². The van der Waals surface area contributed by atoms with Crippen molar-refractivity contribution in [3.63, 3.8) is 0 Å². The van der Waals surface area contributed by atoms with Crippen LogP contribution in [0, 0.1) is 0 Å². The Morgan fingerprint density at radius 2 is 2.14 bits per heavy atom. The zero-order valence-corrected chi connectivity index (χ0v) is 13.3. The SMILES string of the molecule is CCOC(=O)CN(C(=O)c1cccc(CSC)c1)C1CC1. The summed E-state index contributed by atoms with van der Waals surface area (Å²) in [6.45, 7) is 2.16. The van der Waals surface area contributed by atoms with Gasteiger partial charge in [0.05, 0.1) is 6.61 Å². The normalized spacial score (nSPS) is 13.8. The fourth-order valence-electron chi connectivity index (χ4n) is 2.23. The molecule has 1 saturated carbocycles. The Hall–Kier alpha value is -1.49. The number of benzene rings is 1. The maximum atomic E-state index is 12.6. The summed E-state index contributed by atoms with van der Waals surface area (Å²) in [5.74, 6) is 0.467. The summed E-state index contributed by atoms with van der Waals surface area (Å²) < 4.78 is 4.96. The standard InChI is InChI=1S/C16H21NO3S/c1-3-20-15(18)10-17(14-7-8-14)16(19)13-6-4-5-12(9-13)11-21-2/h4-6,9,14H,3,7-8,10-11H2,1-2H3. The van der Waals surface area contributed by atoms with Crippen LogP contribution in [0.15, 0.2) is 24.3 Å². The van der Waals surface area contributed by atoms with E-state index in [0.717, 1.165) is 24.2 Å². The van der Waals surface area contributed by atoms with Gasteiger partial charge in [-0.25, -0.2) is 0 Å².